The highest BCUT2D eigenvalue weighted by Gasteiger charge is 2.28. The number of nitrogens with one attached hydrogen (secondary N) is 2. The molecule has 0 fully saturated rings. The van der Waals surface area contributed by atoms with Gasteiger partial charge in [0.25, 0.3) is 5.91 Å². The molecule has 0 aliphatic heterocycles. The van der Waals surface area contributed by atoms with Crippen LogP contribution in [0.1, 0.15) is 40.7 Å². The van der Waals surface area contributed by atoms with Crippen molar-refractivity contribution in [3.63, 3.8) is 0 Å². The summed E-state index contributed by atoms with van der Waals surface area (Å²) in [7, 11) is 0. The maximum Gasteiger partial charge on any atom is 0.255 e. The third-order valence-electron chi connectivity index (χ3n) is 6.89. The molecule has 184 valence electrons. The summed E-state index contributed by atoms with van der Waals surface area (Å²) in [5.41, 5.74) is 6.72. The predicted octanol–water partition coefficient (Wildman–Crippen LogP) is 5.16. The second kappa shape index (κ2) is 9.39. The topological polar surface area (TPSA) is 93.8 Å². The molecule has 0 radical (unpaired) electrons. The van der Waals surface area contributed by atoms with Crippen LogP contribution < -0.4 is 10.6 Å². The molecule has 0 bridgehead atoms. The number of carbonyl (C=O) groups is 2. The molecule has 2 aromatic heterocycles. The van der Waals surface area contributed by atoms with Crippen molar-refractivity contribution >= 4 is 34.2 Å². The number of nitrogens with zero attached hydrogens (tertiary/aromatic N) is 4. The number of benzene rings is 3. The summed E-state index contributed by atoms with van der Waals surface area (Å²) in [4.78, 5) is 30.3. The molecule has 6 rings (SSSR count). The average Bonchev–Trinajstić information content (AvgIpc) is 3.66. The van der Waals surface area contributed by atoms with Gasteiger partial charge in [-0.2, -0.15) is 5.10 Å². The first-order chi connectivity index (χ1) is 18.1. The fourth-order valence-corrected chi connectivity index (χ4v) is 4.97. The number of aromatic nitrogens is 4. The fraction of sp³-hybridized carbons (Fsp3) is 0.172. The Balaban J connectivity index is 1.15. The van der Waals surface area contributed by atoms with Gasteiger partial charge < -0.3 is 15.2 Å². The van der Waals surface area contributed by atoms with Gasteiger partial charge in [0.15, 0.2) is 0 Å². The van der Waals surface area contributed by atoms with Crippen molar-refractivity contribution < 1.29 is 9.59 Å². The minimum absolute atomic E-state index is 0.0293. The first kappa shape index (κ1) is 22.7. The number of hydrogen-bond donors (Lipinski definition) is 2. The third-order valence-corrected chi connectivity index (χ3v) is 6.89. The van der Waals surface area contributed by atoms with Crippen molar-refractivity contribution in [2.45, 2.75) is 32.2 Å². The lowest BCUT2D eigenvalue weighted by molar-refractivity contribution is -0.117. The average molecular weight is 491 g/mol. The second-order valence-corrected chi connectivity index (χ2v) is 9.19. The van der Waals surface area contributed by atoms with E-state index in [1.165, 1.54) is 5.56 Å². The summed E-state index contributed by atoms with van der Waals surface area (Å²) in [5.74, 6) is -0.406. The molecule has 5 aromatic rings. The van der Waals surface area contributed by atoms with Crippen LogP contribution in [0, 0.1) is 0 Å². The van der Waals surface area contributed by atoms with E-state index in [4.69, 9.17) is 0 Å². The molecule has 37 heavy (non-hydrogen) atoms. The minimum atomic E-state index is -0.225. The van der Waals surface area contributed by atoms with Gasteiger partial charge in [-0.1, -0.05) is 30.3 Å². The van der Waals surface area contributed by atoms with E-state index >= 15 is 0 Å². The molecular weight excluding hydrogens is 464 g/mol. The zero-order valence-electron chi connectivity index (χ0n) is 20.4. The largest absolute Gasteiger partial charge is 0.331 e. The van der Waals surface area contributed by atoms with Gasteiger partial charge in [-0.05, 0) is 67.3 Å². The van der Waals surface area contributed by atoms with Gasteiger partial charge in [0.1, 0.15) is 0 Å². The Hall–Kier alpha value is -4.72. The highest BCUT2D eigenvalue weighted by Crippen LogP contribution is 2.33. The Kier molecular flexibility index (Phi) is 5.76. The Morgan fingerprint density at radius 1 is 1.00 bits per heavy atom. The lowest BCUT2D eigenvalue weighted by Gasteiger charge is -2.11. The summed E-state index contributed by atoms with van der Waals surface area (Å²) in [6.45, 7) is 2.90. The molecule has 2 heterocycles. The summed E-state index contributed by atoms with van der Waals surface area (Å²) in [6.07, 6.45) is 6.90. The number of fused-ring (bicyclic) bond motifs is 2. The predicted molar refractivity (Wildman–Crippen MR) is 143 cm³/mol. The van der Waals surface area contributed by atoms with E-state index in [2.05, 4.69) is 38.3 Å². The van der Waals surface area contributed by atoms with Crippen molar-refractivity contribution in [1.82, 2.24) is 19.3 Å². The molecule has 2 N–H and O–H groups in total. The zero-order valence-corrected chi connectivity index (χ0v) is 20.4. The van der Waals surface area contributed by atoms with Crippen LogP contribution in [0.25, 0.3) is 16.7 Å². The van der Waals surface area contributed by atoms with Gasteiger partial charge >= 0.3 is 0 Å². The number of hydrogen-bond acceptors (Lipinski definition) is 4. The lowest BCUT2D eigenvalue weighted by Crippen LogP contribution is -2.19. The number of carbonyl (C=O) groups excluding carboxylic acids is 2. The third kappa shape index (κ3) is 4.38. The minimum Gasteiger partial charge on any atom is -0.331 e. The van der Waals surface area contributed by atoms with E-state index in [0.717, 1.165) is 41.7 Å². The van der Waals surface area contributed by atoms with E-state index in [1.54, 1.807) is 35.5 Å². The first-order valence-corrected chi connectivity index (χ1v) is 12.4. The second-order valence-electron chi connectivity index (χ2n) is 9.19. The van der Waals surface area contributed by atoms with Gasteiger partial charge in [-0.3, -0.25) is 9.59 Å². The van der Waals surface area contributed by atoms with E-state index in [-0.39, 0.29) is 17.7 Å². The molecule has 1 atom stereocenters. The molecule has 1 aliphatic carbocycles. The lowest BCUT2D eigenvalue weighted by atomic mass is 10.0. The highest BCUT2D eigenvalue weighted by atomic mass is 16.2. The van der Waals surface area contributed by atoms with Gasteiger partial charge in [0.2, 0.25) is 5.91 Å². The maximum absolute atomic E-state index is 13.0. The van der Waals surface area contributed by atoms with Crippen molar-refractivity contribution in [1.29, 1.82) is 0 Å². The van der Waals surface area contributed by atoms with Gasteiger partial charge in [0.05, 0.1) is 47.0 Å². The van der Waals surface area contributed by atoms with E-state index in [1.807, 2.05) is 48.5 Å². The summed E-state index contributed by atoms with van der Waals surface area (Å²) >= 11 is 0. The van der Waals surface area contributed by atoms with Crippen LogP contribution in [0.5, 0.6) is 0 Å². The molecule has 1 unspecified atom stereocenters. The molecule has 0 spiro atoms. The van der Waals surface area contributed by atoms with E-state index < -0.39 is 0 Å². The molecule has 2 amide bonds. The van der Waals surface area contributed by atoms with Crippen LogP contribution in [-0.4, -0.2) is 31.1 Å². The van der Waals surface area contributed by atoms with Crippen molar-refractivity contribution in [3.05, 3.63) is 102 Å². The number of amides is 2. The van der Waals surface area contributed by atoms with E-state index in [0.29, 0.717) is 16.9 Å². The van der Waals surface area contributed by atoms with Gasteiger partial charge in [0, 0.05) is 17.8 Å². The van der Waals surface area contributed by atoms with Crippen LogP contribution in [0.15, 0.2) is 85.5 Å². The van der Waals surface area contributed by atoms with Crippen molar-refractivity contribution in [2.24, 2.45) is 0 Å². The SMILES string of the molecule is CCn1cnc2cc(NC(=O)c3cccc(-n4cc(NC(=O)C5CCc6ccccc65)cn4)c3)ccc21. The summed E-state index contributed by atoms with van der Waals surface area (Å²) < 4.78 is 3.70. The van der Waals surface area contributed by atoms with Crippen LogP contribution in [0.2, 0.25) is 0 Å². The standard InChI is InChI=1S/C29H26N6O2/c1-2-34-18-30-26-15-21(11-13-27(26)34)32-28(36)20-7-5-8-23(14-20)35-17-22(16-31-35)33-29(37)25-12-10-19-6-3-4-9-24(19)25/h3-9,11,13-18,25H,2,10,12H2,1H3,(H,32,36)(H,33,37). The maximum atomic E-state index is 13.0. The molecule has 8 nitrogen and oxygen atoms in total. The fourth-order valence-electron chi connectivity index (χ4n) is 4.97. The monoisotopic (exact) mass is 490 g/mol. The quantitative estimate of drug-likeness (QED) is 0.344. The Bertz CT molecular complexity index is 1630. The van der Waals surface area contributed by atoms with E-state index in [9.17, 15) is 9.59 Å². The number of anilines is 2. The van der Waals surface area contributed by atoms with Gasteiger partial charge in [-0.25, -0.2) is 9.67 Å². The molecule has 8 heteroatoms. The molecule has 1 aliphatic rings. The zero-order chi connectivity index (χ0) is 25.4. The molecule has 0 saturated carbocycles. The summed E-state index contributed by atoms with van der Waals surface area (Å²) in [5, 5.41) is 10.3. The first-order valence-electron chi connectivity index (χ1n) is 12.4. The van der Waals surface area contributed by atoms with Crippen molar-refractivity contribution in [3.8, 4) is 5.69 Å². The molecule has 0 saturated heterocycles. The van der Waals surface area contributed by atoms with Crippen molar-refractivity contribution in [2.75, 3.05) is 10.6 Å². The Morgan fingerprint density at radius 3 is 2.78 bits per heavy atom. The highest BCUT2D eigenvalue weighted by molar-refractivity contribution is 6.05. The number of rotatable bonds is 6. The van der Waals surface area contributed by atoms with Crippen LogP contribution in [-0.2, 0) is 17.8 Å². The van der Waals surface area contributed by atoms with Gasteiger partial charge in [-0.15, -0.1) is 0 Å². The molecular formula is C29H26N6O2. The Labute approximate surface area is 214 Å². The van der Waals surface area contributed by atoms with Crippen LogP contribution >= 0.6 is 0 Å². The van der Waals surface area contributed by atoms with Crippen LogP contribution in [0.4, 0.5) is 11.4 Å². The van der Waals surface area contributed by atoms with Crippen LogP contribution in [0.3, 0.4) is 0 Å². The number of imidazole rings is 1. The smallest absolute Gasteiger partial charge is 0.255 e. The normalized spacial score (nSPS) is 14.5. The summed E-state index contributed by atoms with van der Waals surface area (Å²) in [6, 6.07) is 21.0. The number of aryl methyl sites for hydroxylation is 2. The Morgan fingerprint density at radius 2 is 1.89 bits per heavy atom. The molecule has 3 aromatic carbocycles.